The van der Waals surface area contributed by atoms with E-state index < -0.39 is 6.09 Å². The Morgan fingerprint density at radius 3 is 2.95 bits per heavy atom. The Hall–Kier alpha value is -2.91. The molecular weight excluding hydrogens is 266 g/mol. The highest BCUT2D eigenvalue weighted by atomic mass is 16.5. The van der Waals surface area contributed by atoms with Gasteiger partial charge in [-0.2, -0.15) is 15.0 Å². The third kappa shape index (κ3) is 3.80. The van der Waals surface area contributed by atoms with E-state index in [2.05, 4.69) is 35.8 Å². The molecule has 106 valence electrons. The number of H-pyrrole nitrogens is 1. The lowest BCUT2D eigenvalue weighted by Crippen LogP contribution is -2.20. The fourth-order valence-corrected chi connectivity index (χ4v) is 1.35. The molecule has 0 aliphatic carbocycles. The number of ether oxygens (including phenoxy) is 1. The van der Waals surface area contributed by atoms with E-state index in [-0.39, 0.29) is 24.9 Å². The van der Waals surface area contributed by atoms with Crippen LogP contribution in [-0.4, -0.2) is 43.8 Å². The van der Waals surface area contributed by atoms with Crippen molar-refractivity contribution in [3.8, 4) is 0 Å². The molecule has 0 aliphatic heterocycles. The second-order valence-corrected chi connectivity index (χ2v) is 3.64. The average molecular weight is 279 g/mol. The summed E-state index contributed by atoms with van der Waals surface area (Å²) in [6.07, 6.45) is 3.72. The van der Waals surface area contributed by atoms with Crippen LogP contribution in [0, 0.1) is 0 Å². The predicted octanol–water partition coefficient (Wildman–Crippen LogP) is 0.208. The van der Waals surface area contributed by atoms with E-state index >= 15 is 0 Å². The summed E-state index contributed by atoms with van der Waals surface area (Å²) in [6.45, 7) is 1.86. The maximum Gasteiger partial charge on any atom is 0.412 e. The summed E-state index contributed by atoms with van der Waals surface area (Å²) >= 11 is 0. The number of nitrogens with one attached hydrogen (secondary N) is 3. The molecule has 0 aromatic carbocycles. The predicted molar refractivity (Wildman–Crippen MR) is 67.9 cm³/mol. The van der Waals surface area contributed by atoms with Crippen molar-refractivity contribution in [3.63, 3.8) is 0 Å². The van der Waals surface area contributed by atoms with E-state index in [0.717, 1.165) is 4.80 Å². The van der Waals surface area contributed by atoms with E-state index in [4.69, 9.17) is 0 Å². The molecule has 0 saturated heterocycles. The second kappa shape index (κ2) is 6.31. The Balaban J connectivity index is 1.86. The van der Waals surface area contributed by atoms with Gasteiger partial charge in [0, 0.05) is 6.20 Å². The van der Waals surface area contributed by atoms with Crippen molar-refractivity contribution in [1.29, 1.82) is 0 Å². The number of hydrogen-bond acceptors (Lipinski definition) is 6. The van der Waals surface area contributed by atoms with Gasteiger partial charge in [0.25, 0.3) is 0 Å². The molecule has 0 aliphatic rings. The molecule has 2 aromatic heterocycles. The first-order valence-corrected chi connectivity index (χ1v) is 5.80. The van der Waals surface area contributed by atoms with Crippen molar-refractivity contribution < 1.29 is 14.3 Å². The van der Waals surface area contributed by atoms with Crippen LogP contribution in [0.15, 0.2) is 18.6 Å². The highest BCUT2D eigenvalue weighted by Gasteiger charge is 2.09. The first-order valence-electron chi connectivity index (χ1n) is 5.80. The molecule has 0 atom stereocenters. The van der Waals surface area contributed by atoms with Gasteiger partial charge in [0.05, 0.1) is 24.7 Å². The van der Waals surface area contributed by atoms with Gasteiger partial charge >= 0.3 is 6.09 Å². The van der Waals surface area contributed by atoms with Gasteiger partial charge < -0.3 is 10.1 Å². The van der Waals surface area contributed by atoms with E-state index in [9.17, 15) is 9.59 Å². The van der Waals surface area contributed by atoms with Crippen LogP contribution < -0.4 is 10.6 Å². The van der Waals surface area contributed by atoms with Crippen LogP contribution in [0.2, 0.25) is 0 Å². The molecule has 0 spiro atoms. The number of rotatable bonds is 5. The quantitative estimate of drug-likeness (QED) is 0.718. The van der Waals surface area contributed by atoms with Gasteiger partial charge in [-0.05, 0) is 6.92 Å². The molecule has 2 rings (SSSR count). The zero-order valence-corrected chi connectivity index (χ0v) is 10.7. The average Bonchev–Trinajstić information content (AvgIpc) is 3.02. The van der Waals surface area contributed by atoms with Crippen LogP contribution in [0.1, 0.15) is 6.92 Å². The number of amides is 2. The number of nitrogens with zero attached hydrogens (tertiary/aromatic N) is 4. The van der Waals surface area contributed by atoms with E-state index in [1.54, 1.807) is 13.1 Å². The number of aromatic nitrogens is 5. The van der Waals surface area contributed by atoms with Gasteiger partial charge in [0.15, 0.2) is 5.82 Å². The smallest absolute Gasteiger partial charge is 0.412 e. The number of anilines is 2. The molecule has 0 fully saturated rings. The molecule has 2 aromatic rings. The molecule has 10 heteroatoms. The van der Waals surface area contributed by atoms with Crippen molar-refractivity contribution >= 4 is 23.5 Å². The van der Waals surface area contributed by atoms with Crippen LogP contribution in [0.5, 0.6) is 0 Å². The molecule has 10 nitrogen and oxygen atoms in total. The van der Waals surface area contributed by atoms with Gasteiger partial charge in [0.1, 0.15) is 6.54 Å². The lowest BCUT2D eigenvalue weighted by atomic mass is 10.5. The summed E-state index contributed by atoms with van der Waals surface area (Å²) in [4.78, 5) is 24.0. The third-order valence-electron chi connectivity index (χ3n) is 2.11. The molecule has 0 saturated carbocycles. The molecule has 0 bridgehead atoms. The Morgan fingerprint density at radius 2 is 2.25 bits per heavy atom. The van der Waals surface area contributed by atoms with Crippen LogP contribution in [0.25, 0.3) is 0 Å². The number of hydrogen-bond donors (Lipinski definition) is 3. The van der Waals surface area contributed by atoms with Crippen LogP contribution in [0.4, 0.5) is 16.3 Å². The standard InChI is InChI=1S/C10H13N7O3/c1-2-20-10(19)15-8-5-13-17(16-8)6-9(18)14-7-3-11-12-4-7/h3-5H,2,6H2,1H3,(H,11,12)(H,14,18)(H,15,16,19). The van der Waals surface area contributed by atoms with Gasteiger partial charge in [-0.15, -0.1) is 5.10 Å². The second-order valence-electron chi connectivity index (χ2n) is 3.64. The summed E-state index contributed by atoms with van der Waals surface area (Å²) in [7, 11) is 0. The first kappa shape index (κ1) is 13.5. The Kier molecular flexibility index (Phi) is 4.27. The lowest BCUT2D eigenvalue weighted by Gasteiger charge is -2.02. The van der Waals surface area contributed by atoms with Crippen LogP contribution in [0.3, 0.4) is 0 Å². The monoisotopic (exact) mass is 279 g/mol. The van der Waals surface area contributed by atoms with Gasteiger partial charge in [0.2, 0.25) is 5.91 Å². The maximum atomic E-state index is 11.6. The van der Waals surface area contributed by atoms with Crippen LogP contribution in [-0.2, 0) is 16.1 Å². The van der Waals surface area contributed by atoms with Gasteiger partial charge in [-0.25, -0.2) is 4.79 Å². The minimum Gasteiger partial charge on any atom is -0.450 e. The van der Waals surface area contributed by atoms with E-state index in [1.165, 1.54) is 12.4 Å². The normalized spacial score (nSPS) is 10.1. The third-order valence-corrected chi connectivity index (χ3v) is 2.11. The number of carbonyl (C=O) groups excluding carboxylic acids is 2. The minimum atomic E-state index is -0.623. The SMILES string of the molecule is CCOC(=O)Nc1cnn(CC(=O)Nc2cn[nH]c2)n1. The summed E-state index contributed by atoms with van der Waals surface area (Å²) < 4.78 is 4.69. The van der Waals surface area contributed by atoms with Crippen molar-refractivity contribution in [2.45, 2.75) is 13.5 Å². The van der Waals surface area contributed by atoms with Gasteiger partial charge in [-0.1, -0.05) is 0 Å². The zero-order chi connectivity index (χ0) is 14.4. The molecule has 2 heterocycles. The Morgan fingerprint density at radius 1 is 1.40 bits per heavy atom. The van der Waals surface area contributed by atoms with Crippen molar-refractivity contribution in [3.05, 3.63) is 18.6 Å². The van der Waals surface area contributed by atoms with Crippen molar-refractivity contribution in [2.24, 2.45) is 0 Å². The molecule has 0 unspecified atom stereocenters. The first-order chi connectivity index (χ1) is 9.67. The summed E-state index contributed by atoms with van der Waals surface area (Å²) in [6, 6.07) is 0. The maximum absolute atomic E-state index is 11.6. The topological polar surface area (TPSA) is 127 Å². The Labute approximate surface area is 113 Å². The minimum absolute atomic E-state index is 0.0876. The molecule has 3 N–H and O–H groups in total. The summed E-state index contributed by atoms with van der Waals surface area (Å²) in [5.41, 5.74) is 0.548. The van der Waals surface area contributed by atoms with E-state index in [1.807, 2.05) is 0 Å². The largest absolute Gasteiger partial charge is 0.450 e. The van der Waals surface area contributed by atoms with Gasteiger partial charge in [-0.3, -0.25) is 15.2 Å². The van der Waals surface area contributed by atoms with E-state index in [0.29, 0.717) is 5.69 Å². The highest BCUT2D eigenvalue weighted by Crippen LogP contribution is 2.02. The number of aromatic amines is 1. The molecule has 20 heavy (non-hydrogen) atoms. The lowest BCUT2D eigenvalue weighted by molar-refractivity contribution is -0.117. The highest BCUT2D eigenvalue weighted by molar-refractivity contribution is 5.90. The zero-order valence-electron chi connectivity index (χ0n) is 10.7. The summed E-state index contributed by atoms with van der Waals surface area (Å²) in [5.74, 6) is -0.107. The fourth-order valence-electron chi connectivity index (χ4n) is 1.35. The molecule has 2 amide bonds. The summed E-state index contributed by atoms with van der Waals surface area (Å²) in [5, 5.41) is 19.0. The van der Waals surface area contributed by atoms with Crippen LogP contribution >= 0.6 is 0 Å². The van der Waals surface area contributed by atoms with Crippen molar-refractivity contribution in [2.75, 3.05) is 17.2 Å². The molecular formula is C10H13N7O3. The molecule has 0 radical (unpaired) electrons. The fraction of sp³-hybridized carbons (Fsp3) is 0.300. The van der Waals surface area contributed by atoms with Crippen molar-refractivity contribution in [1.82, 2.24) is 25.2 Å². The Bertz CT molecular complexity index is 577. The number of carbonyl (C=O) groups is 2.